The summed E-state index contributed by atoms with van der Waals surface area (Å²) in [6, 6.07) is 0. The summed E-state index contributed by atoms with van der Waals surface area (Å²) in [5, 5.41) is 3.43. The fraction of sp³-hybridized carbons (Fsp3) is 0.667. The molecule has 15 heavy (non-hydrogen) atoms. The third-order valence-corrected chi connectivity index (χ3v) is 3.25. The van der Waals surface area contributed by atoms with Gasteiger partial charge >= 0.3 is 0 Å². The van der Waals surface area contributed by atoms with Crippen LogP contribution in [0.25, 0.3) is 0 Å². The molecular formula is C12H19N3. The topological polar surface area (TPSA) is 37.8 Å². The van der Waals surface area contributed by atoms with Crippen LogP contribution in [0.15, 0.2) is 12.4 Å². The van der Waals surface area contributed by atoms with E-state index in [-0.39, 0.29) is 0 Å². The molecular weight excluding hydrogens is 186 g/mol. The van der Waals surface area contributed by atoms with E-state index < -0.39 is 0 Å². The molecule has 0 unspecified atom stereocenters. The van der Waals surface area contributed by atoms with Crippen LogP contribution in [0.1, 0.15) is 38.3 Å². The van der Waals surface area contributed by atoms with Crippen molar-refractivity contribution in [1.29, 1.82) is 0 Å². The number of hydrogen-bond donors (Lipinski definition) is 1. The second-order valence-corrected chi connectivity index (χ2v) is 4.59. The number of anilines is 1. The lowest BCUT2D eigenvalue weighted by Gasteiger charge is -2.15. The fourth-order valence-electron chi connectivity index (χ4n) is 2.07. The van der Waals surface area contributed by atoms with Crippen molar-refractivity contribution in [2.45, 2.75) is 39.5 Å². The van der Waals surface area contributed by atoms with E-state index in [1.165, 1.54) is 25.7 Å². The summed E-state index contributed by atoms with van der Waals surface area (Å²) in [7, 11) is 0. The standard InChI is InChI=1S/C12H19N3/c1-3-4-12(5-6-12)9-15-11-10(2)13-7-8-14-11/h7-8H,3-6,9H2,1-2H3,(H,14,15). The third-order valence-electron chi connectivity index (χ3n) is 3.25. The summed E-state index contributed by atoms with van der Waals surface area (Å²) in [5.74, 6) is 0.944. The van der Waals surface area contributed by atoms with Gasteiger partial charge in [0.15, 0.2) is 0 Å². The molecule has 3 heteroatoms. The van der Waals surface area contributed by atoms with Crippen LogP contribution in [0, 0.1) is 12.3 Å². The zero-order valence-electron chi connectivity index (χ0n) is 9.58. The van der Waals surface area contributed by atoms with E-state index in [9.17, 15) is 0 Å². The maximum atomic E-state index is 4.30. The van der Waals surface area contributed by atoms with Gasteiger partial charge in [0.05, 0.1) is 5.69 Å². The Balaban J connectivity index is 1.91. The van der Waals surface area contributed by atoms with Crippen LogP contribution in [-0.4, -0.2) is 16.5 Å². The van der Waals surface area contributed by atoms with Gasteiger partial charge in [-0.3, -0.25) is 4.98 Å². The lowest BCUT2D eigenvalue weighted by molar-refractivity contribution is 0.485. The zero-order chi connectivity index (χ0) is 10.7. The molecule has 3 nitrogen and oxygen atoms in total. The van der Waals surface area contributed by atoms with Crippen molar-refractivity contribution in [3.63, 3.8) is 0 Å². The van der Waals surface area contributed by atoms with Crippen molar-refractivity contribution >= 4 is 5.82 Å². The van der Waals surface area contributed by atoms with Crippen LogP contribution in [-0.2, 0) is 0 Å². The molecule has 1 aliphatic carbocycles. The van der Waals surface area contributed by atoms with Crippen molar-refractivity contribution in [1.82, 2.24) is 9.97 Å². The van der Waals surface area contributed by atoms with E-state index >= 15 is 0 Å². The highest BCUT2D eigenvalue weighted by molar-refractivity contribution is 5.38. The second-order valence-electron chi connectivity index (χ2n) is 4.59. The van der Waals surface area contributed by atoms with E-state index in [2.05, 4.69) is 22.2 Å². The van der Waals surface area contributed by atoms with Crippen molar-refractivity contribution in [3.05, 3.63) is 18.1 Å². The zero-order valence-corrected chi connectivity index (χ0v) is 9.58. The molecule has 2 rings (SSSR count). The van der Waals surface area contributed by atoms with E-state index in [1.54, 1.807) is 12.4 Å². The molecule has 0 aromatic carbocycles. The molecule has 1 N–H and O–H groups in total. The van der Waals surface area contributed by atoms with Gasteiger partial charge in [-0.2, -0.15) is 0 Å². The number of aryl methyl sites for hydroxylation is 1. The highest BCUT2D eigenvalue weighted by atomic mass is 15.0. The largest absolute Gasteiger partial charge is 0.368 e. The minimum Gasteiger partial charge on any atom is -0.368 e. The first kappa shape index (κ1) is 10.4. The van der Waals surface area contributed by atoms with Crippen molar-refractivity contribution in [3.8, 4) is 0 Å². The lowest BCUT2D eigenvalue weighted by atomic mass is 10.0. The van der Waals surface area contributed by atoms with Gasteiger partial charge in [0, 0.05) is 18.9 Å². The minimum atomic E-state index is 0.568. The number of rotatable bonds is 5. The summed E-state index contributed by atoms with van der Waals surface area (Å²) in [4.78, 5) is 8.52. The SMILES string of the molecule is CCCC1(CNc2nccnc2C)CC1. The molecule has 1 fully saturated rings. The first-order valence-electron chi connectivity index (χ1n) is 5.77. The number of aromatic nitrogens is 2. The molecule has 0 atom stereocenters. The van der Waals surface area contributed by atoms with Gasteiger partial charge in [-0.25, -0.2) is 4.98 Å². The van der Waals surface area contributed by atoms with Gasteiger partial charge < -0.3 is 5.32 Å². The maximum absolute atomic E-state index is 4.30. The summed E-state index contributed by atoms with van der Waals surface area (Å²) in [5.41, 5.74) is 1.56. The number of nitrogens with zero attached hydrogens (tertiary/aromatic N) is 2. The Morgan fingerprint density at radius 1 is 1.33 bits per heavy atom. The van der Waals surface area contributed by atoms with Crippen LogP contribution < -0.4 is 5.32 Å². The fourth-order valence-corrected chi connectivity index (χ4v) is 2.07. The van der Waals surface area contributed by atoms with E-state index in [4.69, 9.17) is 0 Å². The Morgan fingerprint density at radius 3 is 2.67 bits per heavy atom. The summed E-state index contributed by atoms with van der Waals surface area (Å²) in [6.07, 6.45) is 8.83. The molecule has 0 saturated heterocycles. The molecule has 1 heterocycles. The first-order chi connectivity index (χ1) is 7.26. The molecule has 0 aliphatic heterocycles. The van der Waals surface area contributed by atoms with Gasteiger partial charge in [-0.1, -0.05) is 13.3 Å². The molecule has 1 aromatic heterocycles. The van der Waals surface area contributed by atoms with Gasteiger partial charge in [0.2, 0.25) is 0 Å². The Bertz CT molecular complexity index is 331. The Kier molecular flexibility index (Phi) is 2.89. The molecule has 0 amide bonds. The summed E-state index contributed by atoms with van der Waals surface area (Å²) >= 11 is 0. The van der Waals surface area contributed by atoms with Crippen molar-refractivity contribution < 1.29 is 0 Å². The van der Waals surface area contributed by atoms with Gasteiger partial charge in [-0.15, -0.1) is 0 Å². The molecule has 1 saturated carbocycles. The Morgan fingerprint density at radius 2 is 2.07 bits per heavy atom. The van der Waals surface area contributed by atoms with Crippen LogP contribution >= 0.6 is 0 Å². The van der Waals surface area contributed by atoms with Gasteiger partial charge in [0.25, 0.3) is 0 Å². The quantitative estimate of drug-likeness (QED) is 0.803. The molecule has 82 valence electrons. The summed E-state index contributed by atoms with van der Waals surface area (Å²) in [6.45, 7) is 5.31. The molecule has 0 radical (unpaired) electrons. The van der Waals surface area contributed by atoms with Gasteiger partial charge in [-0.05, 0) is 31.6 Å². The predicted molar refractivity (Wildman–Crippen MR) is 61.8 cm³/mol. The molecule has 0 bridgehead atoms. The average Bonchev–Trinajstić information content (AvgIpc) is 2.98. The second kappa shape index (κ2) is 4.17. The van der Waals surface area contributed by atoms with Gasteiger partial charge in [0.1, 0.15) is 5.82 Å². The third kappa shape index (κ3) is 2.46. The average molecular weight is 205 g/mol. The highest BCUT2D eigenvalue weighted by Crippen LogP contribution is 2.49. The monoisotopic (exact) mass is 205 g/mol. The normalized spacial score (nSPS) is 17.5. The lowest BCUT2D eigenvalue weighted by Crippen LogP contribution is -2.16. The Hall–Kier alpha value is -1.12. The molecule has 0 spiro atoms. The van der Waals surface area contributed by atoms with Crippen LogP contribution in [0.3, 0.4) is 0 Å². The minimum absolute atomic E-state index is 0.568. The van der Waals surface area contributed by atoms with E-state index in [1.807, 2.05) is 6.92 Å². The highest BCUT2D eigenvalue weighted by Gasteiger charge is 2.41. The molecule has 1 aromatic rings. The van der Waals surface area contributed by atoms with Crippen LogP contribution in [0.5, 0.6) is 0 Å². The smallest absolute Gasteiger partial charge is 0.147 e. The maximum Gasteiger partial charge on any atom is 0.147 e. The number of hydrogen-bond acceptors (Lipinski definition) is 3. The summed E-state index contributed by atoms with van der Waals surface area (Å²) < 4.78 is 0. The Labute approximate surface area is 91.3 Å². The van der Waals surface area contributed by atoms with Crippen molar-refractivity contribution in [2.75, 3.05) is 11.9 Å². The van der Waals surface area contributed by atoms with E-state index in [0.29, 0.717) is 5.41 Å². The number of nitrogens with one attached hydrogen (secondary N) is 1. The predicted octanol–water partition coefficient (Wildman–Crippen LogP) is 2.78. The van der Waals surface area contributed by atoms with Crippen molar-refractivity contribution in [2.24, 2.45) is 5.41 Å². The van der Waals surface area contributed by atoms with Crippen LogP contribution in [0.2, 0.25) is 0 Å². The first-order valence-corrected chi connectivity index (χ1v) is 5.77. The molecule has 1 aliphatic rings. The van der Waals surface area contributed by atoms with E-state index in [0.717, 1.165) is 18.1 Å². The van der Waals surface area contributed by atoms with Crippen LogP contribution in [0.4, 0.5) is 5.82 Å².